The summed E-state index contributed by atoms with van der Waals surface area (Å²) in [6.45, 7) is 5.00. The standard InChI is InChI=1S/C7H15IN2/c1-9-4-2-3-5-10(8)7-6-9/h2-7H2,1H3. The van der Waals surface area contributed by atoms with Gasteiger partial charge in [0.05, 0.1) is 0 Å². The predicted molar refractivity (Wildman–Crippen MR) is 52.3 cm³/mol. The number of hydrogen-bond acceptors (Lipinski definition) is 2. The Kier molecular flexibility index (Phi) is 3.95. The van der Waals surface area contributed by atoms with E-state index in [-0.39, 0.29) is 0 Å². The normalized spacial score (nSPS) is 25.8. The number of nitrogens with zero attached hydrogens (tertiary/aromatic N) is 2. The molecule has 3 heteroatoms. The molecule has 1 aliphatic heterocycles. The van der Waals surface area contributed by atoms with Gasteiger partial charge in [-0.2, -0.15) is 0 Å². The van der Waals surface area contributed by atoms with Crippen LogP contribution in [0.4, 0.5) is 0 Å². The Balaban J connectivity index is 2.23. The molecular formula is C7H15IN2. The van der Waals surface area contributed by atoms with E-state index in [0.717, 1.165) is 0 Å². The van der Waals surface area contributed by atoms with Gasteiger partial charge in [0.15, 0.2) is 0 Å². The van der Waals surface area contributed by atoms with Crippen LogP contribution in [0.1, 0.15) is 12.8 Å². The molecule has 0 amide bonds. The highest BCUT2D eigenvalue weighted by Gasteiger charge is 2.06. The fourth-order valence-corrected chi connectivity index (χ4v) is 1.72. The average molecular weight is 254 g/mol. The van der Waals surface area contributed by atoms with Gasteiger partial charge in [0.1, 0.15) is 0 Å². The zero-order valence-corrected chi connectivity index (χ0v) is 8.67. The van der Waals surface area contributed by atoms with E-state index in [4.69, 9.17) is 0 Å². The number of hydrogen-bond donors (Lipinski definition) is 0. The number of halogens is 1. The van der Waals surface area contributed by atoms with Crippen LogP contribution >= 0.6 is 22.9 Å². The molecule has 1 heterocycles. The molecule has 0 aromatic carbocycles. The van der Waals surface area contributed by atoms with Crippen molar-refractivity contribution in [2.45, 2.75) is 12.8 Å². The molecule has 0 atom stereocenters. The molecular weight excluding hydrogens is 239 g/mol. The highest BCUT2D eigenvalue weighted by atomic mass is 127. The van der Waals surface area contributed by atoms with E-state index in [0.29, 0.717) is 0 Å². The van der Waals surface area contributed by atoms with E-state index < -0.39 is 0 Å². The monoisotopic (exact) mass is 254 g/mol. The van der Waals surface area contributed by atoms with Crippen LogP contribution in [0.5, 0.6) is 0 Å². The number of rotatable bonds is 0. The first-order valence-electron chi connectivity index (χ1n) is 3.88. The van der Waals surface area contributed by atoms with E-state index in [2.05, 4.69) is 37.9 Å². The van der Waals surface area contributed by atoms with Gasteiger partial charge >= 0.3 is 0 Å². The Morgan fingerprint density at radius 2 is 1.70 bits per heavy atom. The van der Waals surface area contributed by atoms with Crippen LogP contribution in [0.2, 0.25) is 0 Å². The quantitative estimate of drug-likeness (QED) is 0.476. The summed E-state index contributed by atoms with van der Waals surface area (Å²) in [7, 11) is 2.20. The van der Waals surface area contributed by atoms with Gasteiger partial charge in [-0.1, -0.05) is 0 Å². The van der Waals surface area contributed by atoms with Crippen LogP contribution in [-0.4, -0.2) is 41.2 Å². The van der Waals surface area contributed by atoms with Crippen molar-refractivity contribution in [3.8, 4) is 0 Å². The van der Waals surface area contributed by atoms with Crippen molar-refractivity contribution in [1.82, 2.24) is 8.01 Å². The highest BCUT2D eigenvalue weighted by Crippen LogP contribution is 2.06. The molecule has 0 unspecified atom stereocenters. The molecule has 1 aliphatic rings. The van der Waals surface area contributed by atoms with Gasteiger partial charge in [-0.05, 0) is 26.4 Å². The summed E-state index contributed by atoms with van der Waals surface area (Å²) >= 11 is 2.42. The van der Waals surface area contributed by atoms with Crippen molar-refractivity contribution < 1.29 is 0 Å². The van der Waals surface area contributed by atoms with E-state index in [9.17, 15) is 0 Å². The summed E-state index contributed by atoms with van der Waals surface area (Å²) in [6, 6.07) is 0. The molecule has 60 valence electrons. The minimum absolute atomic E-state index is 1.22. The van der Waals surface area contributed by atoms with E-state index in [1.54, 1.807) is 0 Å². The zero-order chi connectivity index (χ0) is 7.40. The lowest BCUT2D eigenvalue weighted by atomic mass is 10.2. The summed E-state index contributed by atoms with van der Waals surface area (Å²) in [4.78, 5) is 2.41. The first kappa shape index (κ1) is 8.74. The van der Waals surface area contributed by atoms with Crippen LogP contribution in [0.3, 0.4) is 0 Å². The second kappa shape index (κ2) is 4.51. The third-order valence-corrected chi connectivity index (χ3v) is 2.88. The summed E-state index contributed by atoms with van der Waals surface area (Å²) in [5.74, 6) is 0. The molecule has 0 aliphatic carbocycles. The molecule has 0 aromatic heterocycles. The summed E-state index contributed by atoms with van der Waals surface area (Å²) in [5.41, 5.74) is 0. The van der Waals surface area contributed by atoms with Crippen LogP contribution in [0.25, 0.3) is 0 Å². The Morgan fingerprint density at radius 1 is 1.00 bits per heavy atom. The third-order valence-electron chi connectivity index (χ3n) is 1.91. The lowest BCUT2D eigenvalue weighted by Gasteiger charge is -2.23. The fourth-order valence-electron chi connectivity index (χ4n) is 1.17. The second-order valence-corrected chi connectivity index (χ2v) is 4.28. The molecule has 1 rings (SSSR count). The smallest absolute Gasteiger partial charge is 0.0209 e. The average Bonchev–Trinajstić information content (AvgIpc) is 1.90. The topological polar surface area (TPSA) is 6.48 Å². The molecule has 1 saturated heterocycles. The Morgan fingerprint density at radius 3 is 2.50 bits per heavy atom. The van der Waals surface area contributed by atoms with Crippen molar-refractivity contribution in [2.75, 3.05) is 33.2 Å². The van der Waals surface area contributed by atoms with Gasteiger partial charge < -0.3 is 4.90 Å². The molecule has 0 bridgehead atoms. The maximum atomic E-state index is 2.42. The van der Waals surface area contributed by atoms with Crippen molar-refractivity contribution in [3.63, 3.8) is 0 Å². The summed E-state index contributed by atoms with van der Waals surface area (Å²) in [5, 5.41) is 0. The predicted octanol–water partition coefficient (Wildman–Crippen LogP) is 1.36. The van der Waals surface area contributed by atoms with E-state index >= 15 is 0 Å². The third kappa shape index (κ3) is 3.16. The lowest BCUT2D eigenvalue weighted by Crippen LogP contribution is -2.32. The highest BCUT2D eigenvalue weighted by molar-refractivity contribution is 14.1. The van der Waals surface area contributed by atoms with Crippen LogP contribution in [0, 0.1) is 0 Å². The van der Waals surface area contributed by atoms with E-state index in [1.807, 2.05) is 0 Å². The van der Waals surface area contributed by atoms with Gasteiger partial charge in [0, 0.05) is 42.5 Å². The molecule has 2 nitrogen and oxygen atoms in total. The molecule has 1 fully saturated rings. The first-order valence-corrected chi connectivity index (χ1v) is 4.85. The zero-order valence-electron chi connectivity index (χ0n) is 6.52. The first-order chi connectivity index (χ1) is 4.79. The van der Waals surface area contributed by atoms with E-state index in [1.165, 1.54) is 39.0 Å². The summed E-state index contributed by atoms with van der Waals surface area (Å²) in [6.07, 6.45) is 2.71. The molecule has 0 N–H and O–H groups in total. The number of likely N-dealkylation sites (N-methyl/N-ethyl adjacent to an activating group) is 1. The van der Waals surface area contributed by atoms with Crippen molar-refractivity contribution in [3.05, 3.63) is 0 Å². The molecule has 0 saturated carbocycles. The molecule has 10 heavy (non-hydrogen) atoms. The largest absolute Gasteiger partial charge is 0.305 e. The van der Waals surface area contributed by atoms with Gasteiger partial charge in [-0.25, -0.2) is 3.11 Å². The second-order valence-electron chi connectivity index (χ2n) is 2.92. The van der Waals surface area contributed by atoms with Gasteiger partial charge in [-0.15, -0.1) is 0 Å². The SMILES string of the molecule is CN1CCCCN(I)CC1. The van der Waals surface area contributed by atoms with Crippen molar-refractivity contribution in [2.24, 2.45) is 0 Å². The maximum absolute atomic E-state index is 2.42. The lowest BCUT2D eigenvalue weighted by molar-refractivity contribution is 0.276. The van der Waals surface area contributed by atoms with Crippen LogP contribution in [0.15, 0.2) is 0 Å². The van der Waals surface area contributed by atoms with Gasteiger partial charge in [0.25, 0.3) is 0 Å². The molecule has 0 radical (unpaired) electrons. The van der Waals surface area contributed by atoms with Crippen LogP contribution in [-0.2, 0) is 0 Å². The summed E-state index contributed by atoms with van der Waals surface area (Å²) < 4.78 is 2.38. The fraction of sp³-hybridized carbons (Fsp3) is 1.00. The maximum Gasteiger partial charge on any atom is 0.0209 e. The minimum Gasteiger partial charge on any atom is -0.305 e. The van der Waals surface area contributed by atoms with Crippen molar-refractivity contribution in [1.29, 1.82) is 0 Å². The molecule has 0 spiro atoms. The van der Waals surface area contributed by atoms with Crippen LogP contribution < -0.4 is 0 Å². The Labute approximate surface area is 77.1 Å². The van der Waals surface area contributed by atoms with Crippen molar-refractivity contribution >= 4 is 22.9 Å². The Bertz CT molecular complexity index is 85.6. The molecule has 0 aromatic rings. The minimum atomic E-state index is 1.22. The van der Waals surface area contributed by atoms with Gasteiger partial charge in [0.2, 0.25) is 0 Å². The Hall–Kier alpha value is 0.650. The van der Waals surface area contributed by atoms with Gasteiger partial charge in [-0.3, -0.25) is 0 Å².